The van der Waals surface area contributed by atoms with Crippen LogP contribution < -0.4 is 5.32 Å². The van der Waals surface area contributed by atoms with Gasteiger partial charge in [0.15, 0.2) is 11.6 Å². The molecule has 0 saturated heterocycles. The van der Waals surface area contributed by atoms with Crippen molar-refractivity contribution < 1.29 is 9.59 Å². The Hall–Kier alpha value is -2.78. The molecule has 2 aromatic carbocycles. The van der Waals surface area contributed by atoms with Gasteiger partial charge in [-0.25, -0.2) is 0 Å². The third-order valence-corrected chi connectivity index (χ3v) is 4.31. The van der Waals surface area contributed by atoms with Crippen LogP contribution in [0.15, 0.2) is 60.7 Å². The van der Waals surface area contributed by atoms with Crippen LogP contribution in [0.1, 0.15) is 31.8 Å². The lowest BCUT2D eigenvalue weighted by Gasteiger charge is -2.25. The minimum Gasteiger partial charge on any atom is -0.292 e. The standard InChI is InChI=1S/C20H15NO2/c22-19-15-7-3-1-5-13(15)9-11-17(19)21-18-12-10-14-6-2-4-8-16(14)20(18)23/h1-12,17-18,21H. The van der Waals surface area contributed by atoms with Gasteiger partial charge in [-0.1, -0.05) is 72.8 Å². The van der Waals surface area contributed by atoms with E-state index in [1.54, 1.807) is 0 Å². The predicted octanol–water partition coefficient (Wildman–Crippen LogP) is 3.13. The predicted molar refractivity (Wildman–Crippen MR) is 90.3 cm³/mol. The Morgan fingerprint density at radius 2 is 1.09 bits per heavy atom. The fraction of sp³-hybridized carbons (Fsp3) is 0.100. The van der Waals surface area contributed by atoms with Gasteiger partial charge in [-0.15, -0.1) is 0 Å². The van der Waals surface area contributed by atoms with Crippen molar-refractivity contribution in [1.82, 2.24) is 5.32 Å². The fourth-order valence-electron chi connectivity index (χ4n) is 3.10. The number of carbonyl (C=O) groups excluding carboxylic acids is 2. The monoisotopic (exact) mass is 301 g/mol. The maximum absolute atomic E-state index is 12.6. The number of benzene rings is 2. The zero-order valence-corrected chi connectivity index (χ0v) is 12.4. The molecular formula is C20H15NO2. The number of fused-ring (bicyclic) bond motifs is 2. The molecule has 4 rings (SSSR count). The fourth-order valence-corrected chi connectivity index (χ4v) is 3.10. The number of hydrogen-bond acceptors (Lipinski definition) is 3. The normalized spacial score (nSPS) is 21.9. The lowest BCUT2D eigenvalue weighted by Crippen LogP contribution is -2.46. The van der Waals surface area contributed by atoms with Gasteiger partial charge < -0.3 is 0 Å². The molecule has 2 aliphatic carbocycles. The molecule has 2 aliphatic rings. The molecule has 1 N–H and O–H groups in total. The zero-order valence-electron chi connectivity index (χ0n) is 12.4. The van der Waals surface area contributed by atoms with Gasteiger partial charge in [-0.3, -0.25) is 14.9 Å². The van der Waals surface area contributed by atoms with Crippen molar-refractivity contribution in [2.24, 2.45) is 0 Å². The van der Waals surface area contributed by atoms with Crippen LogP contribution in [0.5, 0.6) is 0 Å². The SMILES string of the molecule is O=C1c2ccccc2C=CC1NC1C=Cc2ccccc2C1=O. The average molecular weight is 301 g/mol. The Kier molecular flexibility index (Phi) is 3.28. The van der Waals surface area contributed by atoms with Crippen molar-refractivity contribution in [2.45, 2.75) is 12.1 Å². The molecule has 3 nitrogen and oxygen atoms in total. The van der Waals surface area contributed by atoms with Gasteiger partial charge in [0.25, 0.3) is 0 Å². The Morgan fingerprint density at radius 3 is 1.57 bits per heavy atom. The first-order valence-electron chi connectivity index (χ1n) is 7.63. The first kappa shape index (κ1) is 13.9. The quantitative estimate of drug-likeness (QED) is 0.927. The molecular weight excluding hydrogens is 286 g/mol. The molecule has 0 saturated carbocycles. The Labute approximate surface area is 134 Å². The van der Waals surface area contributed by atoms with E-state index in [0.717, 1.165) is 11.1 Å². The summed E-state index contributed by atoms with van der Waals surface area (Å²) >= 11 is 0. The molecule has 0 fully saturated rings. The Bertz CT molecular complexity index is 792. The number of ketones is 2. The summed E-state index contributed by atoms with van der Waals surface area (Å²) in [5.74, 6) is 0.00585. The minimum absolute atomic E-state index is 0.00292. The van der Waals surface area contributed by atoms with E-state index in [0.29, 0.717) is 11.1 Å². The van der Waals surface area contributed by atoms with Gasteiger partial charge in [0, 0.05) is 11.1 Å². The molecule has 2 unspecified atom stereocenters. The van der Waals surface area contributed by atoms with E-state index >= 15 is 0 Å². The third kappa shape index (κ3) is 2.35. The first-order valence-corrected chi connectivity index (χ1v) is 7.63. The summed E-state index contributed by atoms with van der Waals surface area (Å²) in [6.45, 7) is 0. The van der Waals surface area contributed by atoms with Crippen molar-refractivity contribution in [3.8, 4) is 0 Å². The second kappa shape index (κ2) is 5.45. The highest BCUT2D eigenvalue weighted by Gasteiger charge is 2.29. The van der Waals surface area contributed by atoms with Gasteiger partial charge in [0.1, 0.15) is 0 Å². The van der Waals surface area contributed by atoms with Gasteiger partial charge >= 0.3 is 0 Å². The smallest absolute Gasteiger partial charge is 0.184 e. The van der Waals surface area contributed by atoms with Crippen molar-refractivity contribution in [1.29, 1.82) is 0 Å². The van der Waals surface area contributed by atoms with Gasteiger partial charge in [0.2, 0.25) is 0 Å². The van der Waals surface area contributed by atoms with Crippen LogP contribution in [0.2, 0.25) is 0 Å². The Balaban J connectivity index is 1.59. The van der Waals surface area contributed by atoms with Gasteiger partial charge in [-0.2, -0.15) is 0 Å². The summed E-state index contributed by atoms with van der Waals surface area (Å²) < 4.78 is 0. The van der Waals surface area contributed by atoms with E-state index in [1.165, 1.54) is 0 Å². The van der Waals surface area contributed by atoms with Crippen LogP contribution in [-0.2, 0) is 0 Å². The minimum atomic E-state index is -0.478. The lowest BCUT2D eigenvalue weighted by molar-refractivity contribution is 0.0924. The molecule has 3 heteroatoms. The maximum atomic E-state index is 12.6. The van der Waals surface area contributed by atoms with Crippen LogP contribution in [0, 0.1) is 0 Å². The van der Waals surface area contributed by atoms with E-state index in [-0.39, 0.29) is 11.6 Å². The molecule has 0 heterocycles. The van der Waals surface area contributed by atoms with Crippen molar-refractivity contribution in [3.63, 3.8) is 0 Å². The highest BCUT2D eigenvalue weighted by molar-refractivity contribution is 6.09. The van der Waals surface area contributed by atoms with Crippen molar-refractivity contribution in [3.05, 3.63) is 82.9 Å². The first-order chi connectivity index (χ1) is 11.2. The highest BCUT2D eigenvalue weighted by Crippen LogP contribution is 2.22. The zero-order chi connectivity index (χ0) is 15.8. The van der Waals surface area contributed by atoms with E-state index < -0.39 is 12.1 Å². The summed E-state index contributed by atoms with van der Waals surface area (Å²) in [7, 11) is 0. The van der Waals surface area contributed by atoms with Gasteiger partial charge in [0.05, 0.1) is 12.1 Å². The molecule has 112 valence electrons. The molecule has 0 amide bonds. The topological polar surface area (TPSA) is 46.2 Å². The number of hydrogen-bond donors (Lipinski definition) is 1. The molecule has 2 aromatic rings. The molecule has 0 aromatic heterocycles. The summed E-state index contributed by atoms with van der Waals surface area (Å²) in [4.78, 5) is 25.2. The molecule has 23 heavy (non-hydrogen) atoms. The largest absolute Gasteiger partial charge is 0.292 e. The van der Waals surface area contributed by atoms with E-state index in [9.17, 15) is 9.59 Å². The van der Waals surface area contributed by atoms with Crippen LogP contribution in [-0.4, -0.2) is 23.7 Å². The van der Waals surface area contributed by atoms with E-state index in [2.05, 4.69) is 5.32 Å². The molecule has 0 radical (unpaired) electrons. The van der Waals surface area contributed by atoms with Crippen molar-refractivity contribution >= 4 is 23.7 Å². The number of nitrogens with one attached hydrogen (secondary N) is 1. The summed E-state index contributed by atoms with van der Waals surface area (Å²) in [6, 6.07) is 14.1. The lowest BCUT2D eigenvalue weighted by atomic mass is 9.89. The van der Waals surface area contributed by atoms with Crippen molar-refractivity contribution in [2.75, 3.05) is 0 Å². The molecule has 0 spiro atoms. The van der Waals surface area contributed by atoms with Gasteiger partial charge in [-0.05, 0) is 11.1 Å². The van der Waals surface area contributed by atoms with Crippen LogP contribution in [0.25, 0.3) is 12.2 Å². The van der Waals surface area contributed by atoms with E-state index in [4.69, 9.17) is 0 Å². The third-order valence-electron chi connectivity index (χ3n) is 4.31. The second-order valence-corrected chi connectivity index (χ2v) is 5.74. The second-order valence-electron chi connectivity index (χ2n) is 5.74. The number of carbonyl (C=O) groups is 2. The highest BCUT2D eigenvalue weighted by atomic mass is 16.1. The van der Waals surface area contributed by atoms with Crippen LogP contribution >= 0.6 is 0 Å². The maximum Gasteiger partial charge on any atom is 0.184 e. The molecule has 0 aliphatic heterocycles. The van der Waals surface area contributed by atoms with Crippen LogP contribution in [0.3, 0.4) is 0 Å². The molecule has 2 atom stereocenters. The number of rotatable bonds is 2. The molecule has 0 bridgehead atoms. The van der Waals surface area contributed by atoms with E-state index in [1.807, 2.05) is 72.8 Å². The average Bonchev–Trinajstić information content (AvgIpc) is 2.60. The number of Topliss-reactive ketones (excluding diaryl/α,β-unsaturated/α-hetero) is 2. The summed E-state index contributed by atoms with van der Waals surface area (Å²) in [6.07, 6.45) is 7.51. The Morgan fingerprint density at radius 1 is 0.652 bits per heavy atom. The summed E-state index contributed by atoms with van der Waals surface area (Å²) in [5.41, 5.74) is 3.23. The summed E-state index contributed by atoms with van der Waals surface area (Å²) in [5, 5.41) is 3.17. The van der Waals surface area contributed by atoms with Crippen LogP contribution in [0.4, 0.5) is 0 Å².